The first kappa shape index (κ1) is 9.00. The minimum Gasteiger partial charge on any atom is -0.478 e. The topological polar surface area (TPSA) is 37.3 Å². The lowest BCUT2D eigenvalue weighted by Crippen LogP contribution is -1.87. The van der Waals surface area contributed by atoms with Crippen LogP contribution < -0.4 is 0 Å². The van der Waals surface area contributed by atoms with Gasteiger partial charge in [-0.05, 0) is 21.5 Å². The summed E-state index contributed by atoms with van der Waals surface area (Å²) in [5.74, 6) is -0.953. The highest BCUT2D eigenvalue weighted by molar-refractivity contribution is 9.15. The Morgan fingerprint density at radius 3 is 2.42 bits per heavy atom. The number of hydrogen-bond donors (Lipinski definition) is 1. The maximum Gasteiger partial charge on any atom is 0.329 e. The van der Waals surface area contributed by atoms with Crippen LogP contribution >= 0.6 is 15.9 Å². The molecule has 0 aliphatic carbocycles. The summed E-state index contributed by atoms with van der Waals surface area (Å²) in [5, 5.41) is 8.44. The van der Waals surface area contributed by atoms with E-state index in [1.165, 1.54) is 0 Å². The van der Waals surface area contributed by atoms with Crippen molar-refractivity contribution in [3.05, 3.63) is 42.0 Å². The zero-order chi connectivity index (χ0) is 8.97. The molecule has 2 nitrogen and oxygen atoms in total. The summed E-state index contributed by atoms with van der Waals surface area (Å²) in [7, 11) is 0. The molecule has 12 heavy (non-hydrogen) atoms. The van der Waals surface area contributed by atoms with Crippen LogP contribution in [0.25, 0.3) is 4.48 Å². The van der Waals surface area contributed by atoms with Crippen molar-refractivity contribution >= 4 is 26.4 Å². The Kier molecular flexibility index (Phi) is 3.05. The van der Waals surface area contributed by atoms with E-state index < -0.39 is 5.97 Å². The van der Waals surface area contributed by atoms with Crippen molar-refractivity contribution in [1.29, 1.82) is 0 Å². The Hall–Kier alpha value is -1.09. The van der Waals surface area contributed by atoms with Gasteiger partial charge in [0.2, 0.25) is 0 Å². The third kappa shape index (κ3) is 2.51. The van der Waals surface area contributed by atoms with E-state index in [0.29, 0.717) is 4.48 Å². The molecule has 1 aromatic carbocycles. The molecule has 0 aliphatic rings. The molecule has 0 radical (unpaired) electrons. The molecule has 0 aromatic heterocycles. The quantitative estimate of drug-likeness (QED) is 0.788. The number of benzene rings is 1. The highest BCUT2D eigenvalue weighted by atomic mass is 79.9. The van der Waals surface area contributed by atoms with Gasteiger partial charge in [-0.1, -0.05) is 30.3 Å². The molecule has 0 atom stereocenters. The van der Waals surface area contributed by atoms with Crippen LogP contribution in [-0.4, -0.2) is 11.1 Å². The first-order chi connectivity index (χ1) is 5.70. The van der Waals surface area contributed by atoms with E-state index in [0.717, 1.165) is 11.6 Å². The molecule has 1 aromatic rings. The highest BCUT2D eigenvalue weighted by Crippen LogP contribution is 2.19. The molecule has 0 unspecified atom stereocenters. The number of hydrogen-bond acceptors (Lipinski definition) is 1. The lowest BCUT2D eigenvalue weighted by Gasteiger charge is -1.95. The molecule has 0 saturated carbocycles. The van der Waals surface area contributed by atoms with Gasteiger partial charge in [-0.3, -0.25) is 0 Å². The summed E-state index contributed by atoms with van der Waals surface area (Å²) in [5.41, 5.74) is 0.861. The summed E-state index contributed by atoms with van der Waals surface area (Å²) in [6, 6.07) is 9.26. The second kappa shape index (κ2) is 4.07. The molecule has 1 N–H and O–H groups in total. The van der Waals surface area contributed by atoms with E-state index in [1.807, 2.05) is 30.3 Å². The van der Waals surface area contributed by atoms with Crippen molar-refractivity contribution in [1.82, 2.24) is 0 Å². The molecular formula is C9H7BrO2. The van der Waals surface area contributed by atoms with Crippen LogP contribution in [0.15, 0.2) is 36.4 Å². The highest BCUT2D eigenvalue weighted by Gasteiger charge is 1.97. The number of halogens is 1. The van der Waals surface area contributed by atoms with E-state index >= 15 is 0 Å². The van der Waals surface area contributed by atoms with E-state index in [4.69, 9.17) is 5.11 Å². The molecular weight excluding hydrogens is 220 g/mol. The van der Waals surface area contributed by atoms with Gasteiger partial charge in [0.1, 0.15) is 0 Å². The van der Waals surface area contributed by atoms with Crippen LogP contribution in [0.5, 0.6) is 0 Å². The van der Waals surface area contributed by atoms with Crippen molar-refractivity contribution in [2.24, 2.45) is 0 Å². The molecule has 0 aliphatic heterocycles. The number of carboxylic acid groups (broad SMARTS) is 1. The lowest BCUT2D eigenvalue weighted by molar-refractivity contribution is -0.131. The molecule has 0 bridgehead atoms. The molecule has 0 amide bonds. The van der Waals surface area contributed by atoms with Crippen LogP contribution in [0.2, 0.25) is 0 Å². The normalized spacial score (nSPS) is 11.2. The summed E-state index contributed by atoms with van der Waals surface area (Å²) < 4.78 is 0.579. The van der Waals surface area contributed by atoms with Gasteiger partial charge in [-0.2, -0.15) is 0 Å². The van der Waals surface area contributed by atoms with Gasteiger partial charge >= 0.3 is 5.97 Å². The second-order valence-electron chi connectivity index (χ2n) is 2.20. The third-order valence-corrected chi connectivity index (χ3v) is 1.99. The summed E-state index contributed by atoms with van der Waals surface area (Å²) >= 11 is 3.17. The summed E-state index contributed by atoms with van der Waals surface area (Å²) in [6.07, 6.45) is 1.12. The standard InChI is InChI=1S/C9H7BrO2/c10-8(6-9(11)12)7-4-2-1-3-5-7/h1-6H,(H,11,12)/b8-6-. The molecule has 0 spiro atoms. The van der Waals surface area contributed by atoms with Crippen LogP contribution in [0.3, 0.4) is 0 Å². The van der Waals surface area contributed by atoms with Crippen LogP contribution in [0.1, 0.15) is 5.56 Å². The average Bonchev–Trinajstić information content (AvgIpc) is 2.05. The van der Waals surface area contributed by atoms with Crippen molar-refractivity contribution in [2.45, 2.75) is 0 Å². The molecule has 0 saturated heterocycles. The Balaban J connectivity index is 2.93. The van der Waals surface area contributed by atoms with Crippen LogP contribution in [0, 0.1) is 0 Å². The maximum atomic E-state index is 10.3. The van der Waals surface area contributed by atoms with E-state index in [2.05, 4.69) is 15.9 Å². The SMILES string of the molecule is O=C(O)/C=C(\Br)c1ccccc1. The van der Waals surface area contributed by atoms with Crippen LogP contribution in [0.4, 0.5) is 0 Å². The van der Waals surface area contributed by atoms with Gasteiger partial charge in [0.05, 0.1) is 0 Å². The number of rotatable bonds is 2. The Morgan fingerprint density at radius 2 is 1.92 bits per heavy atom. The zero-order valence-electron chi connectivity index (χ0n) is 6.20. The largest absolute Gasteiger partial charge is 0.478 e. The fourth-order valence-corrected chi connectivity index (χ4v) is 1.25. The molecule has 0 heterocycles. The van der Waals surface area contributed by atoms with Gasteiger partial charge in [0.25, 0.3) is 0 Å². The molecule has 3 heteroatoms. The maximum absolute atomic E-state index is 10.3. The predicted molar refractivity (Wildman–Crippen MR) is 51.0 cm³/mol. The van der Waals surface area contributed by atoms with Gasteiger partial charge in [0, 0.05) is 10.6 Å². The Bertz CT molecular complexity index is 304. The van der Waals surface area contributed by atoms with Crippen molar-refractivity contribution < 1.29 is 9.90 Å². The Morgan fingerprint density at radius 1 is 1.33 bits per heavy atom. The van der Waals surface area contributed by atoms with Crippen LogP contribution in [-0.2, 0) is 4.79 Å². The number of carbonyl (C=O) groups is 1. The summed E-state index contributed by atoms with van der Waals surface area (Å²) in [6.45, 7) is 0. The second-order valence-corrected chi connectivity index (χ2v) is 3.05. The Labute approximate surface area is 78.7 Å². The minimum atomic E-state index is -0.953. The van der Waals surface area contributed by atoms with E-state index in [9.17, 15) is 4.79 Å². The smallest absolute Gasteiger partial charge is 0.329 e. The number of aliphatic carboxylic acids is 1. The first-order valence-corrected chi connectivity index (χ1v) is 4.15. The molecule has 0 fully saturated rings. The molecule has 1 rings (SSSR count). The average molecular weight is 227 g/mol. The fourth-order valence-electron chi connectivity index (χ4n) is 0.789. The van der Waals surface area contributed by atoms with Gasteiger partial charge < -0.3 is 5.11 Å². The van der Waals surface area contributed by atoms with Gasteiger partial charge in [-0.25, -0.2) is 4.79 Å². The number of carboxylic acids is 1. The van der Waals surface area contributed by atoms with E-state index in [1.54, 1.807) is 0 Å². The first-order valence-electron chi connectivity index (χ1n) is 3.35. The molecule has 62 valence electrons. The lowest BCUT2D eigenvalue weighted by atomic mass is 10.2. The summed E-state index contributed by atoms with van der Waals surface area (Å²) in [4.78, 5) is 10.3. The van der Waals surface area contributed by atoms with Gasteiger partial charge in [0.15, 0.2) is 0 Å². The van der Waals surface area contributed by atoms with Crippen molar-refractivity contribution in [2.75, 3.05) is 0 Å². The van der Waals surface area contributed by atoms with Crippen molar-refractivity contribution in [3.8, 4) is 0 Å². The zero-order valence-corrected chi connectivity index (χ0v) is 7.78. The fraction of sp³-hybridized carbons (Fsp3) is 0. The van der Waals surface area contributed by atoms with Gasteiger partial charge in [-0.15, -0.1) is 0 Å². The predicted octanol–water partition coefficient (Wildman–Crippen LogP) is 2.51. The van der Waals surface area contributed by atoms with Crippen molar-refractivity contribution in [3.63, 3.8) is 0 Å². The third-order valence-electron chi connectivity index (χ3n) is 1.30. The minimum absolute atomic E-state index is 0.579. The van der Waals surface area contributed by atoms with E-state index in [-0.39, 0.29) is 0 Å². The monoisotopic (exact) mass is 226 g/mol.